The third-order valence-corrected chi connectivity index (χ3v) is 5.66. The molecule has 4 heterocycles. The Morgan fingerprint density at radius 1 is 1.21 bits per heavy atom. The van der Waals surface area contributed by atoms with Gasteiger partial charge in [-0.3, -0.25) is 9.69 Å². The minimum absolute atomic E-state index is 0.178. The van der Waals surface area contributed by atoms with Crippen LogP contribution in [0.5, 0.6) is 0 Å². The second-order valence-electron chi connectivity index (χ2n) is 7.39. The first kappa shape index (κ1) is 16.1. The quantitative estimate of drug-likeness (QED) is 0.838. The average molecular weight is 332 g/mol. The van der Waals surface area contributed by atoms with E-state index >= 15 is 0 Å². The van der Waals surface area contributed by atoms with Crippen molar-refractivity contribution in [3.63, 3.8) is 0 Å². The van der Waals surface area contributed by atoms with Crippen LogP contribution in [0.15, 0.2) is 0 Å². The lowest BCUT2D eigenvalue weighted by atomic mass is 10.1. The Kier molecular flexibility index (Phi) is 4.59. The van der Waals surface area contributed by atoms with Crippen molar-refractivity contribution in [2.24, 2.45) is 5.92 Å². The second-order valence-corrected chi connectivity index (χ2v) is 7.39. The summed E-state index contributed by atoms with van der Waals surface area (Å²) >= 11 is 0. The fourth-order valence-corrected chi connectivity index (χ4v) is 4.26. The van der Waals surface area contributed by atoms with E-state index in [0.717, 1.165) is 82.5 Å². The van der Waals surface area contributed by atoms with Crippen molar-refractivity contribution in [3.05, 3.63) is 17.2 Å². The second kappa shape index (κ2) is 6.84. The Hall–Kier alpha value is -1.40. The average Bonchev–Trinajstić information content (AvgIpc) is 3.21. The molecule has 0 spiro atoms. The SMILES string of the molecule is Cc1nc2n(c1C(=O)N1CCN(CC3CCOC3)CC1)CCCC2. The number of fused-ring (bicyclic) bond motifs is 1. The van der Waals surface area contributed by atoms with Crippen LogP contribution in [0.2, 0.25) is 0 Å². The highest BCUT2D eigenvalue weighted by Crippen LogP contribution is 2.22. The van der Waals surface area contributed by atoms with Gasteiger partial charge < -0.3 is 14.2 Å². The minimum atomic E-state index is 0.178. The molecule has 6 nitrogen and oxygen atoms in total. The van der Waals surface area contributed by atoms with E-state index in [0.29, 0.717) is 5.92 Å². The van der Waals surface area contributed by atoms with Crippen molar-refractivity contribution in [1.82, 2.24) is 19.4 Å². The van der Waals surface area contributed by atoms with Crippen molar-refractivity contribution in [2.45, 2.75) is 39.2 Å². The highest BCUT2D eigenvalue weighted by molar-refractivity contribution is 5.94. The van der Waals surface area contributed by atoms with Crippen LogP contribution in [0, 0.1) is 12.8 Å². The lowest BCUT2D eigenvalue weighted by Gasteiger charge is -2.36. The number of amides is 1. The molecule has 1 amide bonds. The summed E-state index contributed by atoms with van der Waals surface area (Å²) in [6.45, 7) is 9.45. The third kappa shape index (κ3) is 3.09. The van der Waals surface area contributed by atoms with Crippen LogP contribution in [-0.2, 0) is 17.7 Å². The van der Waals surface area contributed by atoms with Gasteiger partial charge in [-0.2, -0.15) is 0 Å². The van der Waals surface area contributed by atoms with Crippen LogP contribution in [0.3, 0.4) is 0 Å². The summed E-state index contributed by atoms with van der Waals surface area (Å²) in [5.41, 5.74) is 1.74. The van der Waals surface area contributed by atoms with Crippen LogP contribution < -0.4 is 0 Å². The topological polar surface area (TPSA) is 50.6 Å². The number of piperazine rings is 1. The number of hydrogen-bond donors (Lipinski definition) is 0. The largest absolute Gasteiger partial charge is 0.381 e. The number of hydrogen-bond acceptors (Lipinski definition) is 4. The van der Waals surface area contributed by atoms with Gasteiger partial charge in [0, 0.05) is 52.3 Å². The molecule has 3 aliphatic rings. The normalized spacial score (nSPS) is 25.0. The van der Waals surface area contributed by atoms with Crippen molar-refractivity contribution in [3.8, 4) is 0 Å². The molecule has 6 heteroatoms. The molecule has 1 aromatic heterocycles. The molecular weight excluding hydrogens is 304 g/mol. The highest BCUT2D eigenvalue weighted by Gasteiger charge is 2.29. The number of aromatic nitrogens is 2. The van der Waals surface area contributed by atoms with E-state index in [4.69, 9.17) is 4.74 Å². The van der Waals surface area contributed by atoms with Crippen molar-refractivity contribution in [1.29, 1.82) is 0 Å². The predicted molar refractivity (Wildman–Crippen MR) is 91.2 cm³/mol. The Bertz CT molecular complexity index is 598. The van der Waals surface area contributed by atoms with E-state index in [-0.39, 0.29) is 5.91 Å². The summed E-state index contributed by atoms with van der Waals surface area (Å²) in [4.78, 5) is 22.2. The lowest BCUT2D eigenvalue weighted by molar-refractivity contribution is 0.0599. The predicted octanol–water partition coefficient (Wildman–Crippen LogP) is 1.32. The number of carbonyl (C=O) groups excluding carboxylic acids is 1. The van der Waals surface area contributed by atoms with Gasteiger partial charge in [0.05, 0.1) is 12.3 Å². The van der Waals surface area contributed by atoms with Gasteiger partial charge >= 0.3 is 0 Å². The summed E-state index contributed by atoms with van der Waals surface area (Å²) in [6, 6.07) is 0. The molecule has 3 aliphatic heterocycles. The fraction of sp³-hybridized carbons (Fsp3) is 0.778. The van der Waals surface area contributed by atoms with E-state index in [1.165, 1.54) is 12.8 Å². The van der Waals surface area contributed by atoms with E-state index < -0.39 is 0 Å². The monoisotopic (exact) mass is 332 g/mol. The molecule has 4 rings (SSSR count). The Balaban J connectivity index is 1.39. The maximum Gasteiger partial charge on any atom is 0.272 e. The number of nitrogens with zero attached hydrogens (tertiary/aromatic N) is 4. The van der Waals surface area contributed by atoms with Crippen LogP contribution in [0.25, 0.3) is 0 Å². The van der Waals surface area contributed by atoms with Crippen LogP contribution >= 0.6 is 0 Å². The van der Waals surface area contributed by atoms with Crippen molar-refractivity contribution in [2.75, 3.05) is 45.9 Å². The zero-order valence-corrected chi connectivity index (χ0v) is 14.7. The Morgan fingerprint density at radius 3 is 2.79 bits per heavy atom. The van der Waals surface area contributed by atoms with Gasteiger partial charge in [-0.25, -0.2) is 4.98 Å². The zero-order chi connectivity index (χ0) is 16.5. The number of ether oxygens (including phenoxy) is 1. The maximum atomic E-state index is 13.0. The zero-order valence-electron chi connectivity index (χ0n) is 14.7. The molecule has 0 saturated carbocycles. The summed E-state index contributed by atoms with van der Waals surface area (Å²) in [5.74, 6) is 1.95. The molecule has 24 heavy (non-hydrogen) atoms. The van der Waals surface area contributed by atoms with Gasteiger partial charge in [0.25, 0.3) is 5.91 Å². The molecule has 0 aliphatic carbocycles. The van der Waals surface area contributed by atoms with Gasteiger partial charge in [0.1, 0.15) is 11.5 Å². The molecule has 2 saturated heterocycles. The molecule has 1 aromatic rings. The molecule has 1 atom stereocenters. The maximum absolute atomic E-state index is 13.0. The summed E-state index contributed by atoms with van der Waals surface area (Å²) < 4.78 is 7.64. The van der Waals surface area contributed by atoms with Crippen LogP contribution in [-0.4, -0.2) is 71.2 Å². The first-order valence-corrected chi connectivity index (χ1v) is 9.38. The minimum Gasteiger partial charge on any atom is -0.381 e. The van der Waals surface area contributed by atoms with Gasteiger partial charge in [0.15, 0.2) is 0 Å². The molecule has 2 fully saturated rings. The van der Waals surface area contributed by atoms with Gasteiger partial charge in [-0.1, -0.05) is 0 Å². The van der Waals surface area contributed by atoms with E-state index in [2.05, 4.69) is 14.5 Å². The van der Waals surface area contributed by atoms with Crippen LogP contribution in [0.4, 0.5) is 0 Å². The number of rotatable bonds is 3. The first-order chi connectivity index (χ1) is 11.7. The first-order valence-electron chi connectivity index (χ1n) is 9.38. The number of carbonyl (C=O) groups is 1. The van der Waals surface area contributed by atoms with Gasteiger partial charge in [-0.05, 0) is 32.1 Å². The summed E-state index contributed by atoms with van der Waals surface area (Å²) in [7, 11) is 0. The summed E-state index contributed by atoms with van der Waals surface area (Å²) in [5, 5.41) is 0. The molecule has 1 unspecified atom stereocenters. The van der Waals surface area contributed by atoms with E-state index in [1.807, 2.05) is 11.8 Å². The number of imidazole rings is 1. The molecule has 132 valence electrons. The third-order valence-electron chi connectivity index (χ3n) is 5.66. The lowest BCUT2D eigenvalue weighted by Crippen LogP contribution is -2.50. The molecule has 0 bridgehead atoms. The number of aryl methyl sites for hydroxylation is 2. The smallest absolute Gasteiger partial charge is 0.272 e. The summed E-state index contributed by atoms with van der Waals surface area (Å²) in [6.07, 6.45) is 4.53. The standard InChI is InChI=1S/C18H28N4O2/c1-14-17(22-6-3-2-4-16(22)19-14)18(23)21-9-7-20(8-10-21)12-15-5-11-24-13-15/h15H,2-13H2,1H3. The molecular formula is C18H28N4O2. The Labute approximate surface area is 143 Å². The van der Waals surface area contributed by atoms with Gasteiger partial charge in [-0.15, -0.1) is 0 Å². The molecule has 0 N–H and O–H groups in total. The highest BCUT2D eigenvalue weighted by atomic mass is 16.5. The molecule has 0 aromatic carbocycles. The van der Waals surface area contributed by atoms with Crippen molar-refractivity contribution >= 4 is 5.91 Å². The van der Waals surface area contributed by atoms with Crippen molar-refractivity contribution < 1.29 is 9.53 Å². The van der Waals surface area contributed by atoms with Crippen LogP contribution in [0.1, 0.15) is 41.3 Å². The van der Waals surface area contributed by atoms with Gasteiger partial charge in [0.2, 0.25) is 0 Å². The fourth-order valence-electron chi connectivity index (χ4n) is 4.26. The Morgan fingerprint density at radius 2 is 2.04 bits per heavy atom. The van der Waals surface area contributed by atoms with E-state index in [1.54, 1.807) is 0 Å². The van der Waals surface area contributed by atoms with E-state index in [9.17, 15) is 4.79 Å². The molecule has 0 radical (unpaired) electrons.